The lowest BCUT2D eigenvalue weighted by atomic mass is 10.1. The lowest BCUT2D eigenvalue weighted by Crippen LogP contribution is -2.38. The largest absolute Gasteiger partial charge is 0.493 e. The summed E-state index contributed by atoms with van der Waals surface area (Å²) in [5.41, 5.74) is 0.784. The Kier molecular flexibility index (Phi) is 8.42. The third-order valence-corrected chi connectivity index (χ3v) is 5.66. The maximum Gasteiger partial charge on any atom is 0.329 e. The zero-order chi connectivity index (χ0) is 27.9. The molecule has 0 bridgehead atoms. The summed E-state index contributed by atoms with van der Waals surface area (Å²) in [5, 5.41) is 7.49. The van der Waals surface area contributed by atoms with Gasteiger partial charge in [0.15, 0.2) is 18.1 Å². The van der Waals surface area contributed by atoms with Gasteiger partial charge in [-0.25, -0.2) is 14.1 Å². The fourth-order valence-electron chi connectivity index (χ4n) is 3.60. The van der Waals surface area contributed by atoms with Gasteiger partial charge in [-0.2, -0.15) is 0 Å². The van der Waals surface area contributed by atoms with Gasteiger partial charge in [0.1, 0.15) is 18.1 Å². The minimum atomic E-state index is -0.822. The first-order valence-electron chi connectivity index (χ1n) is 11.5. The second-order valence-corrected chi connectivity index (χ2v) is 8.55. The van der Waals surface area contributed by atoms with Crippen LogP contribution in [0.1, 0.15) is 5.56 Å². The number of carbonyl (C=O) groups excluding carboxylic acids is 4. The molecule has 10 nitrogen and oxygen atoms in total. The average molecular weight is 553 g/mol. The Labute approximate surface area is 227 Å². The van der Waals surface area contributed by atoms with Crippen molar-refractivity contribution in [3.8, 4) is 11.5 Å². The van der Waals surface area contributed by atoms with E-state index in [0.29, 0.717) is 16.2 Å². The molecule has 3 aromatic rings. The predicted octanol–water partition coefficient (Wildman–Crippen LogP) is 4.04. The Bertz CT molecular complexity index is 1460. The van der Waals surface area contributed by atoms with Crippen molar-refractivity contribution in [2.24, 2.45) is 0 Å². The minimum absolute atomic E-state index is 0.0769. The Hall–Kier alpha value is -4.90. The molecule has 1 aliphatic heterocycles. The van der Waals surface area contributed by atoms with Crippen LogP contribution in [0.3, 0.4) is 0 Å². The first-order valence-corrected chi connectivity index (χ1v) is 11.9. The zero-order valence-corrected chi connectivity index (χ0v) is 21.3. The number of para-hydroxylation sites is 2. The number of benzene rings is 3. The molecular weight excluding hydrogens is 531 g/mol. The average Bonchev–Trinajstić information content (AvgIpc) is 3.16. The number of nitrogens with one attached hydrogen (secondary N) is 3. The molecule has 1 aliphatic rings. The van der Waals surface area contributed by atoms with Crippen molar-refractivity contribution in [2.45, 2.75) is 0 Å². The number of methoxy groups -OCH3 is 1. The Morgan fingerprint density at radius 2 is 1.74 bits per heavy atom. The molecule has 0 aromatic heterocycles. The van der Waals surface area contributed by atoms with Gasteiger partial charge in [0.25, 0.3) is 11.8 Å². The molecule has 200 valence electrons. The van der Waals surface area contributed by atoms with Crippen LogP contribution in [-0.4, -0.2) is 48.9 Å². The second kappa shape index (κ2) is 12.1. The Balaban J connectivity index is 1.43. The molecule has 5 amide bonds. The molecule has 0 radical (unpaired) electrons. The van der Waals surface area contributed by atoms with Gasteiger partial charge in [0.05, 0.1) is 17.8 Å². The number of amides is 5. The highest BCUT2D eigenvalue weighted by Crippen LogP contribution is 2.37. The number of hydrogen-bond donors (Lipinski definition) is 3. The van der Waals surface area contributed by atoms with Gasteiger partial charge in [0.2, 0.25) is 5.91 Å². The van der Waals surface area contributed by atoms with Crippen LogP contribution < -0.4 is 25.4 Å². The summed E-state index contributed by atoms with van der Waals surface area (Å²) >= 11 is 6.36. The van der Waals surface area contributed by atoms with Gasteiger partial charge < -0.3 is 25.4 Å². The summed E-state index contributed by atoms with van der Waals surface area (Å²) in [5.74, 6) is -2.30. The van der Waals surface area contributed by atoms with E-state index in [1.165, 1.54) is 49.6 Å². The molecule has 1 heterocycles. The van der Waals surface area contributed by atoms with E-state index < -0.39 is 36.1 Å². The normalized spacial score (nSPS) is 13.7. The highest BCUT2D eigenvalue weighted by Gasteiger charge is 2.35. The summed E-state index contributed by atoms with van der Waals surface area (Å²) < 4.78 is 24.7. The van der Waals surface area contributed by atoms with Crippen LogP contribution in [-0.2, 0) is 14.4 Å². The standard InChI is InChI=1S/C27H22ClFN4O6/c1-38-22-13-16(11-18(28)25(22)39-15-24(35)30-17-7-3-2-4-8-17)12-21-26(36)33(27(37)32-21)14-23(34)31-20-10-6-5-9-19(20)29/h2-13H,14-15H2,1H3,(H,30,35)(H,31,34)(H,32,37)/b21-12+. The number of rotatable bonds is 9. The van der Waals surface area contributed by atoms with Crippen LogP contribution in [0.25, 0.3) is 6.08 Å². The Morgan fingerprint density at radius 3 is 2.46 bits per heavy atom. The highest BCUT2D eigenvalue weighted by molar-refractivity contribution is 6.32. The van der Waals surface area contributed by atoms with Gasteiger partial charge in [0, 0.05) is 5.69 Å². The number of ether oxygens (including phenoxy) is 2. The number of hydrogen-bond acceptors (Lipinski definition) is 6. The number of nitrogens with zero attached hydrogens (tertiary/aromatic N) is 1. The van der Waals surface area contributed by atoms with E-state index in [0.717, 1.165) is 0 Å². The van der Waals surface area contributed by atoms with E-state index in [4.69, 9.17) is 21.1 Å². The summed E-state index contributed by atoms with van der Waals surface area (Å²) in [7, 11) is 1.37. The minimum Gasteiger partial charge on any atom is -0.493 e. The number of carbonyl (C=O) groups is 4. The van der Waals surface area contributed by atoms with Crippen LogP contribution in [0.2, 0.25) is 5.02 Å². The van der Waals surface area contributed by atoms with E-state index in [1.54, 1.807) is 24.3 Å². The van der Waals surface area contributed by atoms with Gasteiger partial charge in [-0.3, -0.25) is 14.4 Å². The number of urea groups is 1. The lowest BCUT2D eigenvalue weighted by molar-refractivity contribution is -0.127. The molecule has 1 saturated heterocycles. The molecule has 3 aromatic carbocycles. The topological polar surface area (TPSA) is 126 Å². The zero-order valence-electron chi connectivity index (χ0n) is 20.5. The van der Waals surface area contributed by atoms with Crippen molar-refractivity contribution >= 4 is 52.8 Å². The molecule has 0 atom stereocenters. The van der Waals surface area contributed by atoms with E-state index in [-0.39, 0.29) is 34.5 Å². The molecule has 12 heteroatoms. The van der Waals surface area contributed by atoms with E-state index >= 15 is 0 Å². The summed E-state index contributed by atoms with van der Waals surface area (Å²) in [4.78, 5) is 50.4. The number of halogens is 2. The van der Waals surface area contributed by atoms with Crippen LogP contribution in [0, 0.1) is 5.82 Å². The van der Waals surface area contributed by atoms with Gasteiger partial charge in [-0.1, -0.05) is 41.9 Å². The fourth-order valence-corrected chi connectivity index (χ4v) is 3.87. The van der Waals surface area contributed by atoms with Crippen LogP contribution in [0.5, 0.6) is 11.5 Å². The van der Waals surface area contributed by atoms with Crippen LogP contribution in [0.15, 0.2) is 72.4 Å². The second-order valence-electron chi connectivity index (χ2n) is 8.14. The molecule has 0 saturated carbocycles. The first kappa shape index (κ1) is 27.1. The summed E-state index contributed by atoms with van der Waals surface area (Å²) in [6, 6.07) is 16.5. The fraction of sp³-hybridized carbons (Fsp3) is 0.111. The van der Waals surface area contributed by atoms with Crippen molar-refractivity contribution in [3.05, 3.63) is 88.8 Å². The van der Waals surface area contributed by atoms with Crippen molar-refractivity contribution in [3.63, 3.8) is 0 Å². The summed E-state index contributed by atoms with van der Waals surface area (Å²) in [6.07, 6.45) is 1.34. The molecule has 39 heavy (non-hydrogen) atoms. The molecule has 0 aliphatic carbocycles. The molecule has 1 fully saturated rings. The molecular formula is C27H22ClFN4O6. The number of anilines is 2. The third-order valence-electron chi connectivity index (χ3n) is 5.38. The van der Waals surface area contributed by atoms with E-state index in [2.05, 4.69) is 16.0 Å². The number of imide groups is 1. The van der Waals surface area contributed by atoms with Crippen LogP contribution >= 0.6 is 11.6 Å². The maximum absolute atomic E-state index is 13.8. The van der Waals surface area contributed by atoms with Crippen LogP contribution in [0.4, 0.5) is 20.6 Å². The van der Waals surface area contributed by atoms with Crippen molar-refractivity contribution in [1.29, 1.82) is 0 Å². The molecule has 0 spiro atoms. The summed E-state index contributed by atoms with van der Waals surface area (Å²) in [6.45, 7) is -0.970. The Morgan fingerprint density at radius 1 is 1.03 bits per heavy atom. The third kappa shape index (κ3) is 6.70. The molecule has 3 N–H and O–H groups in total. The van der Waals surface area contributed by atoms with Gasteiger partial charge >= 0.3 is 6.03 Å². The predicted molar refractivity (Wildman–Crippen MR) is 142 cm³/mol. The first-order chi connectivity index (χ1) is 18.7. The SMILES string of the molecule is COc1cc(/C=C2/NC(=O)N(CC(=O)Nc3ccccc3F)C2=O)cc(Cl)c1OCC(=O)Nc1ccccc1. The van der Waals surface area contributed by atoms with Gasteiger partial charge in [-0.15, -0.1) is 0 Å². The molecule has 4 rings (SSSR count). The maximum atomic E-state index is 13.8. The monoisotopic (exact) mass is 552 g/mol. The van der Waals surface area contributed by atoms with Crippen molar-refractivity contribution < 1.29 is 33.0 Å². The smallest absolute Gasteiger partial charge is 0.329 e. The lowest BCUT2D eigenvalue weighted by Gasteiger charge is -2.13. The quantitative estimate of drug-likeness (QED) is 0.272. The van der Waals surface area contributed by atoms with Crippen molar-refractivity contribution in [2.75, 3.05) is 30.9 Å². The van der Waals surface area contributed by atoms with E-state index in [1.807, 2.05) is 6.07 Å². The molecule has 0 unspecified atom stereocenters. The van der Waals surface area contributed by atoms with Crippen molar-refractivity contribution in [1.82, 2.24) is 10.2 Å². The highest BCUT2D eigenvalue weighted by atomic mass is 35.5. The van der Waals surface area contributed by atoms with E-state index in [9.17, 15) is 23.6 Å². The van der Waals surface area contributed by atoms with Gasteiger partial charge in [-0.05, 0) is 48.0 Å².